The summed E-state index contributed by atoms with van der Waals surface area (Å²) in [5.41, 5.74) is 0. The van der Waals surface area contributed by atoms with Gasteiger partial charge in [-0.05, 0) is 26.7 Å². The van der Waals surface area contributed by atoms with Crippen molar-refractivity contribution in [1.82, 2.24) is 0 Å². The molecule has 0 amide bonds. The highest BCUT2D eigenvalue weighted by Gasteiger charge is 1.82. The summed E-state index contributed by atoms with van der Waals surface area (Å²) in [4.78, 5) is 0. The van der Waals surface area contributed by atoms with Crippen LogP contribution in [0.25, 0.3) is 0 Å². The molecule has 0 aliphatic rings. The molecule has 0 spiro atoms. The van der Waals surface area contributed by atoms with Crippen LogP contribution in [0.15, 0.2) is 24.3 Å². The molecule has 0 aliphatic heterocycles. The van der Waals surface area contributed by atoms with Gasteiger partial charge in [0.1, 0.15) is 0 Å². The molecule has 0 aromatic heterocycles. The van der Waals surface area contributed by atoms with E-state index in [9.17, 15) is 0 Å². The Morgan fingerprint density at radius 3 is 2.40 bits per heavy atom. The molecule has 1 unspecified atom stereocenters. The minimum absolute atomic E-state index is 0.300. The lowest BCUT2D eigenvalue weighted by atomic mass is 10.2. The van der Waals surface area contributed by atoms with Crippen molar-refractivity contribution in [2.24, 2.45) is 0 Å². The van der Waals surface area contributed by atoms with Crippen LogP contribution in [0, 0.1) is 0 Å². The van der Waals surface area contributed by atoms with E-state index in [2.05, 4.69) is 6.08 Å². The molecule has 0 aromatic carbocycles. The van der Waals surface area contributed by atoms with Gasteiger partial charge < -0.3 is 5.11 Å². The van der Waals surface area contributed by atoms with E-state index in [1.54, 1.807) is 6.92 Å². The van der Waals surface area contributed by atoms with E-state index in [1.165, 1.54) is 0 Å². The van der Waals surface area contributed by atoms with Crippen molar-refractivity contribution in [3.63, 3.8) is 0 Å². The van der Waals surface area contributed by atoms with Crippen molar-refractivity contribution in [1.29, 1.82) is 0 Å². The number of aliphatic hydroxyl groups excluding tert-OH is 1. The maximum absolute atomic E-state index is 8.80. The summed E-state index contributed by atoms with van der Waals surface area (Å²) >= 11 is 0. The standard InChI is InChI=1S/C9H16O/c1-3-4-5-6-7-8-9(2)10/h3-4,7-10H,5-6H2,1-2H3/b4-3?,8-7-. The summed E-state index contributed by atoms with van der Waals surface area (Å²) in [7, 11) is 0. The maximum atomic E-state index is 8.80. The van der Waals surface area contributed by atoms with E-state index in [1.807, 2.05) is 25.2 Å². The van der Waals surface area contributed by atoms with Crippen LogP contribution in [0.1, 0.15) is 26.7 Å². The van der Waals surface area contributed by atoms with Crippen LogP contribution in [0.3, 0.4) is 0 Å². The zero-order valence-corrected chi connectivity index (χ0v) is 6.75. The number of aliphatic hydroxyl groups is 1. The normalized spacial score (nSPS) is 15.1. The number of allylic oxidation sites excluding steroid dienone is 3. The molecule has 0 saturated heterocycles. The number of hydrogen-bond donors (Lipinski definition) is 1. The quantitative estimate of drug-likeness (QED) is 0.469. The SMILES string of the molecule is CC=CCC/C=C\C(C)O. The van der Waals surface area contributed by atoms with Gasteiger partial charge in [-0.25, -0.2) is 0 Å². The average molecular weight is 140 g/mol. The Hall–Kier alpha value is -0.560. The van der Waals surface area contributed by atoms with Crippen LogP contribution in [0.4, 0.5) is 0 Å². The Morgan fingerprint density at radius 2 is 1.90 bits per heavy atom. The smallest absolute Gasteiger partial charge is 0.0692 e. The summed E-state index contributed by atoms with van der Waals surface area (Å²) < 4.78 is 0. The highest BCUT2D eigenvalue weighted by atomic mass is 16.3. The average Bonchev–Trinajstić information content (AvgIpc) is 1.87. The molecule has 1 atom stereocenters. The lowest BCUT2D eigenvalue weighted by molar-refractivity contribution is 0.244. The maximum Gasteiger partial charge on any atom is 0.0692 e. The van der Waals surface area contributed by atoms with Crippen molar-refractivity contribution < 1.29 is 5.11 Å². The number of unbranched alkanes of at least 4 members (excludes halogenated alkanes) is 1. The largest absolute Gasteiger partial charge is 0.389 e. The minimum atomic E-state index is -0.300. The molecule has 0 radical (unpaired) electrons. The Bertz CT molecular complexity index is 112. The first-order valence-corrected chi connectivity index (χ1v) is 3.73. The molecule has 1 N–H and O–H groups in total. The fourth-order valence-electron chi connectivity index (χ4n) is 0.652. The van der Waals surface area contributed by atoms with Gasteiger partial charge in [0.15, 0.2) is 0 Å². The van der Waals surface area contributed by atoms with Gasteiger partial charge in [0.05, 0.1) is 6.10 Å². The Kier molecular flexibility index (Phi) is 6.19. The Labute approximate surface area is 63.1 Å². The summed E-state index contributed by atoms with van der Waals surface area (Å²) in [6.07, 6.45) is 9.76. The molecule has 0 bridgehead atoms. The van der Waals surface area contributed by atoms with E-state index in [0.29, 0.717) is 0 Å². The molecule has 0 heterocycles. The molecule has 0 aromatic rings. The molecule has 0 rings (SSSR count). The second-order valence-corrected chi connectivity index (χ2v) is 2.32. The van der Waals surface area contributed by atoms with Gasteiger partial charge in [0.2, 0.25) is 0 Å². The molecular weight excluding hydrogens is 124 g/mol. The predicted molar refractivity (Wildman–Crippen MR) is 44.9 cm³/mol. The van der Waals surface area contributed by atoms with Gasteiger partial charge in [-0.1, -0.05) is 24.3 Å². The highest BCUT2D eigenvalue weighted by Crippen LogP contribution is 1.93. The first-order valence-electron chi connectivity index (χ1n) is 3.73. The molecule has 58 valence electrons. The van der Waals surface area contributed by atoms with Gasteiger partial charge in [-0.3, -0.25) is 0 Å². The van der Waals surface area contributed by atoms with E-state index < -0.39 is 0 Å². The van der Waals surface area contributed by atoms with Gasteiger partial charge in [-0.2, -0.15) is 0 Å². The van der Waals surface area contributed by atoms with E-state index in [0.717, 1.165) is 12.8 Å². The summed E-state index contributed by atoms with van der Waals surface area (Å²) in [5, 5.41) is 8.80. The van der Waals surface area contributed by atoms with Gasteiger partial charge in [-0.15, -0.1) is 0 Å². The zero-order valence-electron chi connectivity index (χ0n) is 6.75. The van der Waals surface area contributed by atoms with Crippen molar-refractivity contribution in [3.05, 3.63) is 24.3 Å². The second-order valence-electron chi connectivity index (χ2n) is 2.32. The van der Waals surface area contributed by atoms with Crippen molar-refractivity contribution in [3.8, 4) is 0 Å². The fraction of sp³-hybridized carbons (Fsp3) is 0.556. The van der Waals surface area contributed by atoms with E-state index >= 15 is 0 Å². The predicted octanol–water partition coefficient (Wildman–Crippen LogP) is 2.28. The lowest BCUT2D eigenvalue weighted by Crippen LogP contribution is -1.90. The first kappa shape index (κ1) is 9.44. The van der Waals surface area contributed by atoms with Crippen LogP contribution in [-0.2, 0) is 0 Å². The Balaban J connectivity index is 3.18. The van der Waals surface area contributed by atoms with Crippen LogP contribution in [0.2, 0.25) is 0 Å². The molecule has 1 heteroatoms. The molecular formula is C9H16O. The van der Waals surface area contributed by atoms with Crippen molar-refractivity contribution in [2.45, 2.75) is 32.8 Å². The topological polar surface area (TPSA) is 20.2 Å². The van der Waals surface area contributed by atoms with Gasteiger partial charge in [0.25, 0.3) is 0 Å². The monoisotopic (exact) mass is 140 g/mol. The Morgan fingerprint density at radius 1 is 1.30 bits per heavy atom. The third kappa shape index (κ3) is 7.44. The fourth-order valence-corrected chi connectivity index (χ4v) is 0.652. The number of rotatable bonds is 4. The minimum Gasteiger partial charge on any atom is -0.389 e. The summed E-state index contributed by atoms with van der Waals surface area (Å²) in [6.45, 7) is 3.77. The molecule has 0 fully saturated rings. The summed E-state index contributed by atoms with van der Waals surface area (Å²) in [6, 6.07) is 0. The van der Waals surface area contributed by atoms with Crippen molar-refractivity contribution >= 4 is 0 Å². The van der Waals surface area contributed by atoms with Crippen LogP contribution in [-0.4, -0.2) is 11.2 Å². The van der Waals surface area contributed by atoms with E-state index in [4.69, 9.17) is 5.11 Å². The molecule has 1 nitrogen and oxygen atoms in total. The summed E-state index contributed by atoms with van der Waals surface area (Å²) in [5.74, 6) is 0. The molecule has 10 heavy (non-hydrogen) atoms. The lowest BCUT2D eigenvalue weighted by Gasteiger charge is -1.91. The van der Waals surface area contributed by atoms with E-state index in [-0.39, 0.29) is 6.10 Å². The highest BCUT2D eigenvalue weighted by molar-refractivity contribution is 4.89. The van der Waals surface area contributed by atoms with Crippen LogP contribution >= 0.6 is 0 Å². The number of hydrogen-bond acceptors (Lipinski definition) is 1. The molecule has 0 saturated carbocycles. The van der Waals surface area contributed by atoms with Crippen molar-refractivity contribution in [2.75, 3.05) is 0 Å². The second kappa shape index (κ2) is 6.56. The van der Waals surface area contributed by atoms with Gasteiger partial charge >= 0.3 is 0 Å². The third-order valence-corrected chi connectivity index (χ3v) is 1.15. The first-order chi connectivity index (χ1) is 4.77. The zero-order chi connectivity index (χ0) is 7.82. The van der Waals surface area contributed by atoms with Crippen LogP contribution < -0.4 is 0 Å². The van der Waals surface area contributed by atoms with Gasteiger partial charge in [0, 0.05) is 0 Å². The third-order valence-electron chi connectivity index (χ3n) is 1.15. The molecule has 0 aliphatic carbocycles. The van der Waals surface area contributed by atoms with Crippen LogP contribution in [0.5, 0.6) is 0 Å².